The number of hydrogen-bond acceptors (Lipinski definition) is 11. The minimum Gasteiger partial charge on any atom is -0.465 e. The number of nitrogens with zero attached hydrogens (tertiary/aromatic N) is 4. The molecule has 0 saturated carbocycles. The molecule has 166 valence electrons. The van der Waals surface area contributed by atoms with Crippen molar-refractivity contribution in [3.63, 3.8) is 0 Å². The zero-order valence-electron chi connectivity index (χ0n) is 17.6. The minimum atomic E-state index is -0.640. The van der Waals surface area contributed by atoms with Crippen LogP contribution in [-0.4, -0.2) is 34.3 Å². The average molecular weight is 472 g/mol. The smallest absolute Gasteiger partial charge is 0.316 e. The number of ether oxygens (including phenoxy) is 1. The molecule has 11 heteroatoms. The summed E-state index contributed by atoms with van der Waals surface area (Å²) in [6.45, 7) is 3.87. The number of esters is 1. The third-order valence-corrected chi connectivity index (χ3v) is 7.18. The first kappa shape index (κ1) is 22.1. The molecule has 2 aliphatic rings. The first-order valence-corrected chi connectivity index (χ1v) is 11.9. The second-order valence-corrected chi connectivity index (χ2v) is 9.39. The van der Waals surface area contributed by atoms with Crippen molar-refractivity contribution < 1.29 is 18.7 Å². The summed E-state index contributed by atoms with van der Waals surface area (Å²) in [5.41, 5.74) is 7.96. The van der Waals surface area contributed by atoms with Crippen molar-refractivity contribution in [2.75, 3.05) is 17.3 Å². The summed E-state index contributed by atoms with van der Waals surface area (Å²) in [6, 6.07) is 5.77. The third kappa shape index (κ3) is 4.03. The summed E-state index contributed by atoms with van der Waals surface area (Å²) >= 11 is 2.46. The van der Waals surface area contributed by atoms with Gasteiger partial charge in [-0.3, -0.25) is 14.5 Å². The average Bonchev–Trinajstić information content (AvgIpc) is 3.41. The molecule has 0 spiro atoms. The Balaban J connectivity index is 1.74. The van der Waals surface area contributed by atoms with Gasteiger partial charge in [-0.2, -0.15) is 5.26 Å². The number of aromatic nitrogens is 2. The van der Waals surface area contributed by atoms with Crippen LogP contribution in [0, 0.1) is 18.3 Å². The molecule has 2 aromatic heterocycles. The van der Waals surface area contributed by atoms with Gasteiger partial charge in [0.25, 0.3) is 0 Å². The molecule has 1 aliphatic heterocycles. The fourth-order valence-corrected chi connectivity index (χ4v) is 5.55. The van der Waals surface area contributed by atoms with E-state index in [9.17, 15) is 14.9 Å². The Bertz CT molecular complexity index is 1170. The number of hydrogen-bond donors (Lipinski definition) is 1. The minimum absolute atomic E-state index is 0.0306. The van der Waals surface area contributed by atoms with Crippen LogP contribution in [0.3, 0.4) is 0 Å². The maximum absolute atomic E-state index is 13.0. The van der Waals surface area contributed by atoms with Gasteiger partial charge in [-0.15, -0.1) is 10.2 Å². The van der Waals surface area contributed by atoms with Gasteiger partial charge in [0.15, 0.2) is 10.1 Å². The van der Waals surface area contributed by atoms with E-state index in [0.717, 1.165) is 5.70 Å². The number of carbonyl (C=O) groups is 2. The molecule has 2 aromatic rings. The van der Waals surface area contributed by atoms with Gasteiger partial charge >= 0.3 is 5.97 Å². The van der Waals surface area contributed by atoms with Crippen molar-refractivity contribution in [3.8, 4) is 6.07 Å². The first-order chi connectivity index (χ1) is 15.4. The molecular weight excluding hydrogens is 450 g/mol. The molecule has 1 unspecified atom stereocenters. The van der Waals surface area contributed by atoms with Crippen LogP contribution >= 0.6 is 23.1 Å². The second kappa shape index (κ2) is 9.18. The van der Waals surface area contributed by atoms with Gasteiger partial charge in [0.1, 0.15) is 17.3 Å². The van der Waals surface area contributed by atoms with Crippen LogP contribution in [0.2, 0.25) is 0 Å². The van der Waals surface area contributed by atoms with E-state index in [1.165, 1.54) is 23.1 Å². The zero-order valence-corrected chi connectivity index (χ0v) is 19.2. The van der Waals surface area contributed by atoms with E-state index in [1.807, 2.05) is 6.92 Å². The number of allylic oxidation sites excluding steroid dienone is 3. The third-order valence-electron chi connectivity index (χ3n) is 5.16. The number of furan rings is 1. The van der Waals surface area contributed by atoms with Crippen LogP contribution in [0.15, 0.2) is 43.6 Å². The highest BCUT2D eigenvalue weighted by Crippen LogP contribution is 2.47. The number of ketones is 1. The van der Waals surface area contributed by atoms with Crippen LogP contribution in [-0.2, 0) is 14.3 Å². The predicted molar refractivity (Wildman–Crippen MR) is 119 cm³/mol. The highest BCUT2D eigenvalue weighted by Gasteiger charge is 2.42. The Labute approximate surface area is 192 Å². The number of rotatable bonds is 6. The molecule has 32 heavy (non-hydrogen) atoms. The second-order valence-electron chi connectivity index (χ2n) is 7.21. The number of aryl methyl sites for hydroxylation is 1. The van der Waals surface area contributed by atoms with Gasteiger partial charge in [0.05, 0.1) is 29.9 Å². The lowest BCUT2D eigenvalue weighted by Crippen LogP contribution is -2.38. The van der Waals surface area contributed by atoms with Crippen molar-refractivity contribution in [1.29, 1.82) is 5.26 Å². The molecule has 2 N–H and O–H groups in total. The summed E-state index contributed by atoms with van der Waals surface area (Å²) in [5, 5.41) is 18.8. The Morgan fingerprint density at radius 3 is 2.94 bits per heavy atom. The van der Waals surface area contributed by atoms with E-state index in [-0.39, 0.29) is 28.9 Å². The number of Topliss-reactive ketones (excluding diaryl/α,β-unsaturated/α-hetero) is 1. The normalized spacial score (nSPS) is 18.6. The van der Waals surface area contributed by atoms with E-state index in [1.54, 1.807) is 24.0 Å². The van der Waals surface area contributed by atoms with Crippen molar-refractivity contribution in [3.05, 3.63) is 46.3 Å². The highest BCUT2D eigenvalue weighted by atomic mass is 32.2. The van der Waals surface area contributed by atoms with Crippen LogP contribution in [0.25, 0.3) is 0 Å². The van der Waals surface area contributed by atoms with Crippen molar-refractivity contribution in [1.82, 2.24) is 10.2 Å². The maximum atomic E-state index is 13.0. The predicted octanol–water partition coefficient (Wildman–Crippen LogP) is 3.40. The van der Waals surface area contributed by atoms with Crippen LogP contribution in [0.1, 0.15) is 43.6 Å². The summed E-state index contributed by atoms with van der Waals surface area (Å²) in [6.07, 6.45) is 1.69. The summed E-state index contributed by atoms with van der Waals surface area (Å²) in [4.78, 5) is 26.3. The van der Waals surface area contributed by atoms with Crippen molar-refractivity contribution >= 4 is 40.0 Å². The van der Waals surface area contributed by atoms with E-state index < -0.39 is 5.92 Å². The van der Waals surface area contributed by atoms with Crippen molar-refractivity contribution in [2.45, 2.75) is 43.4 Å². The molecule has 0 radical (unpaired) electrons. The maximum Gasteiger partial charge on any atom is 0.316 e. The summed E-state index contributed by atoms with van der Waals surface area (Å²) in [7, 11) is 0. The summed E-state index contributed by atoms with van der Waals surface area (Å²) < 4.78 is 11.3. The van der Waals surface area contributed by atoms with E-state index in [0.29, 0.717) is 52.4 Å². The van der Waals surface area contributed by atoms with Gasteiger partial charge < -0.3 is 14.9 Å². The van der Waals surface area contributed by atoms with Gasteiger partial charge in [0, 0.05) is 17.7 Å². The molecule has 9 nitrogen and oxygen atoms in total. The molecule has 1 aliphatic carbocycles. The number of nitriles is 1. The molecule has 0 amide bonds. The number of nitrogens with two attached hydrogens (primary N) is 1. The summed E-state index contributed by atoms with van der Waals surface area (Å²) in [5.74, 6) is 0.526. The van der Waals surface area contributed by atoms with Gasteiger partial charge in [-0.05, 0) is 38.8 Å². The lowest BCUT2D eigenvalue weighted by atomic mass is 9.78. The topological polar surface area (TPSA) is 135 Å². The van der Waals surface area contributed by atoms with Crippen LogP contribution < -0.4 is 10.6 Å². The number of carbonyl (C=O) groups excluding carboxylic acids is 2. The van der Waals surface area contributed by atoms with E-state index in [4.69, 9.17) is 14.9 Å². The van der Waals surface area contributed by atoms with Gasteiger partial charge in [-0.1, -0.05) is 23.1 Å². The molecule has 4 rings (SSSR count). The fourth-order valence-electron chi connectivity index (χ4n) is 3.87. The zero-order chi connectivity index (χ0) is 22.8. The molecule has 1 atom stereocenters. The Hall–Kier alpha value is -3.10. The lowest BCUT2D eigenvalue weighted by Gasteiger charge is -2.37. The van der Waals surface area contributed by atoms with E-state index in [2.05, 4.69) is 16.3 Å². The SMILES string of the molecule is CCOC(=O)CSc1nnc(N2C(N)=C(C#N)C(c3ccc(C)o3)C3=C2CCCC3=O)s1. The van der Waals surface area contributed by atoms with Gasteiger partial charge in [0.2, 0.25) is 5.13 Å². The highest BCUT2D eigenvalue weighted by molar-refractivity contribution is 8.01. The molecular formula is C21H21N5O4S2. The molecule has 0 bridgehead atoms. The Morgan fingerprint density at radius 1 is 1.44 bits per heavy atom. The van der Waals surface area contributed by atoms with Crippen LogP contribution in [0.5, 0.6) is 0 Å². The largest absolute Gasteiger partial charge is 0.465 e. The molecule has 3 heterocycles. The number of thioether (sulfide) groups is 1. The Kier molecular flexibility index (Phi) is 6.34. The first-order valence-electron chi connectivity index (χ1n) is 10.1. The van der Waals surface area contributed by atoms with Crippen LogP contribution in [0.4, 0.5) is 5.13 Å². The molecule has 0 saturated heterocycles. The van der Waals surface area contributed by atoms with Crippen molar-refractivity contribution in [2.24, 2.45) is 5.73 Å². The quantitative estimate of drug-likeness (QED) is 0.493. The molecule has 0 fully saturated rings. The van der Waals surface area contributed by atoms with E-state index >= 15 is 0 Å². The Morgan fingerprint density at radius 2 is 2.25 bits per heavy atom. The number of anilines is 1. The monoisotopic (exact) mass is 471 g/mol. The standard InChI is InChI=1S/C21H21N5O4S2/c1-3-29-16(28)10-31-21-25-24-20(32-21)26-13-5-4-6-14(27)18(13)17(12(9-22)19(26)23)15-8-7-11(2)30-15/h7-8,17H,3-6,10,23H2,1-2H3. The van der Waals surface area contributed by atoms with Gasteiger partial charge in [-0.25, -0.2) is 0 Å². The lowest BCUT2D eigenvalue weighted by molar-refractivity contribution is -0.139. The molecule has 0 aromatic carbocycles. The fraction of sp³-hybridized carbons (Fsp3) is 0.381.